The van der Waals surface area contributed by atoms with E-state index in [4.69, 9.17) is 4.74 Å². The first-order valence-electron chi connectivity index (χ1n) is 7.63. The lowest BCUT2D eigenvalue weighted by molar-refractivity contribution is -0.384. The summed E-state index contributed by atoms with van der Waals surface area (Å²) in [4.78, 5) is 26.2. The first-order chi connectivity index (χ1) is 12.1. The fourth-order valence-corrected chi connectivity index (χ4v) is 2.34. The van der Waals surface area contributed by atoms with E-state index in [2.05, 4.69) is 4.98 Å². The number of carbonyl (C=O) groups excluding carboxylic acids is 1. The van der Waals surface area contributed by atoms with Crippen LogP contribution >= 0.6 is 0 Å². The van der Waals surface area contributed by atoms with Gasteiger partial charge in [-0.1, -0.05) is 0 Å². The Morgan fingerprint density at radius 1 is 1.31 bits per heavy atom. The number of nitro benzene ring substituents is 1. The van der Waals surface area contributed by atoms with Crippen molar-refractivity contribution in [2.24, 2.45) is 0 Å². The van der Waals surface area contributed by atoms with Gasteiger partial charge in [0.2, 0.25) is 0 Å². The summed E-state index contributed by atoms with van der Waals surface area (Å²) in [7, 11) is 0. The summed E-state index contributed by atoms with van der Waals surface area (Å²) in [5, 5.41) is 11.2. The van der Waals surface area contributed by atoms with Gasteiger partial charge in [-0.05, 0) is 43.7 Å². The molecule has 138 valence electrons. The fourth-order valence-electron chi connectivity index (χ4n) is 2.34. The van der Waals surface area contributed by atoms with Gasteiger partial charge in [0.15, 0.2) is 0 Å². The molecule has 1 aromatic carbocycles. The number of ether oxygens (including phenoxy) is 1. The summed E-state index contributed by atoms with van der Waals surface area (Å²) in [6, 6.07) is 5.20. The van der Waals surface area contributed by atoms with E-state index >= 15 is 0 Å². The maximum atomic E-state index is 12.8. The molecule has 0 bridgehead atoms. The maximum Gasteiger partial charge on any atom is 0.416 e. The minimum absolute atomic E-state index is 0.0686. The van der Waals surface area contributed by atoms with Crippen molar-refractivity contribution in [3.63, 3.8) is 0 Å². The van der Waals surface area contributed by atoms with Crippen LogP contribution in [0.2, 0.25) is 0 Å². The quantitative estimate of drug-likeness (QED) is 0.445. The first kappa shape index (κ1) is 19.4. The molecule has 0 saturated heterocycles. The molecule has 1 heterocycles. The number of nitro groups is 1. The number of hydrogen-bond acceptors (Lipinski definition) is 5. The molecule has 1 aromatic heterocycles. The van der Waals surface area contributed by atoms with Gasteiger partial charge in [0.25, 0.3) is 5.69 Å². The average Bonchev–Trinajstić information content (AvgIpc) is 2.60. The van der Waals surface area contributed by atoms with Gasteiger partial charge in [0.05, 0.1) is 34.3 Å². The summed E-state index contributed by atoms with van der Waals surface area (Å²) < 4.78 is 43.3. The van der Waals surface area contributed by atoms with Crippen molar-refractivity contribution < 1.29 is 27.6 Å². The lowest BCUT2D eigenvalue weighted by Gasteiger charge is -2.12. The number of nitrogens with zero attached hydrogens (tertiary/aromatic N) is 2. The number of carbonyl (C=O) groups is 1. The van der Waals surface area contributed by atoms with Crippen LogP contribution in [0.1, 0.15) is 30.9 Å². The van der Waals surface area contributed by atoms with Crippen LogP contribution in [-0.2, 0) is 15.7 Å². The molecule has 2 aromatic rings. The maximum absolute atomic E-state index is 12.8. The van der Waals surface area contributed by atoms with E-state index in [1.807, 2.05) is 0 Å². The van der Waals surface area contributed by atoms with Crippen LogP contribution in [0.15, 0.2) is 36.5 Å². The molecule has 0 radical (unpaired) electrons. The molecule has 0 aliphatic rings. The summed E-state index contributed by atoms with van der Waals surface area (Å²) >= 11 is 0. The van der Waals surface area contributed by atoms with Crippen LogP contribution in [0, 0.1) is 10.1 Å². The molecule has 0 aliphatic carbocycles. The van der Waals surface area contributed by atoms with E-state index in [1.165, 1.54) is 12.3 Å². The summed E-state index contributed by atoms with van der Waals surface area (Å²) in [6.07, 6.45) is -3.36. The highest BCUT2D eigenvalue weighted by Crippen LogP contribution is 2.36. The van der Waals surface area contributed by atoms with Gasteiger partial charge in [-0.15, -0.1) is 0 Å². The smallest absolute Gasteiger partial charge is 0.416 e. The highest BCUT2D eigenvalue weighted by atomic mass is 19.4. The number of benzene rings is 1. The van der Waals surface area contributed by atoms with Gasteiger partial charge in [-0.3, -0.25) is 19.9 Å². The summed E-state index contributed by atoms with van der Waals surface area (Å²) in [5.41, 5.74) is -1.32. The number of rotatable bonds is 5. The number of esters is 1. The number of hydrogen-bond donors (Lipinski definition) is 0. The monoisotopic (exact) mass is 368 g/mol. The Labute approximate surface area is 146 Å². The molecule has 9 heteroatoms. The van der Waals surface area contributed by atoms with Crippen LogP contribution in [-0.4, -0.2) is 22.5 Å². The van der Waals surface area contributed by atoms with E-state index < -0.39 is 34.2 Å². The van der Waals surface area contributed by atoms with E-state index in [1.54, 1.807) is 19.9 Å². The molecule has 1 atom stereocenters. The predicted molar refractivity (Wildman–Crippen MR) is 86.4 cm³/mol. The van der Waals surface area contributed by atoms with Gasteiger partial charge >= 0.3 is 12.1 Å². The van der Waals surface area contributed by atoms with Crippen molar-refractivity contribution in [3.05, 3.63) is 57.8 Å². The molecule has 0 amide bonds. The molecule has 0 fully saturated rings. The van der Waals surface area contributed by atoms with Crippen molar-refractivity contribution >= 4 is 11.7 Å². The second kappa shape index (κ2) is 7.51. The Kier molecular flexibility index (Phi) is 5.59. The largest absolute Gasteiger partial charge is 0.466 e. The zero-order chi connectivity index (χ0) is 19.5. The highest BCUT2D eigenvalue weighted by Gasteiger charge is 2.33. The van der Waals surface area contributed by atoms with Crippen LogP contribution in [0.5, 0.6) is 0 Å². The normalized spacial score (nSPS) is 12.5. The fraction of sp³-hybridized carbons (Fsp3) is 0.294. The third-order valence-corrected chi connectivity index (χ3v) is 3.72. The Hall–Kier alpha value is -2.97. The Morgan fingerprint density at radius 2 is 2.00 bits per heavy atom. The highest BCUT2D eigenvalue weighted by molar-refractivity contribution is 5.79. The third-order valence-electron chi connectivity index (χ3n) is 3.72. The van der Waals surface area contributed by atoms with Gasteiger partial charge in [-0.2, -0.15) is 13.2 Å². The molecule has 6 nitrogen and oxygen atoms in total. The van der Waals surface area contributed by atoms with E-state index in [0.29, 0.717) is 11.6 Å². The SMILES string of the molecule is CCOC(=O)C(C)c1ccnc(-c2ccc(C(F)(F)F)cc2[N+](=O)[O-])c1. The molecular weight excluding hydrogens is 353 g/mol. The van der Waals surface area contributed by atoms with Gasteiger partial charge in [0, 0.05) is 12.3 Å². The molecule has 0 spiro atoms. The van der Waals surface area contributed by atoms with Crippen LogP contribution in [0.4, 0.5) is 18.9 Å². The van der Waals surface area contributed by atoms with E-state index in [9.17, 15) is 28.1 Å². The molecule has 26 heavy (non-hydrogen) atoms. The lowest BCUT2D eigenvalue weighted by Crippen LogP contribution is -2.13. The molecule has 2 rings (SSSR count). The van der Waals surface area contributed by atoms with Crippen molar-refractivity contribution in [1.82, 2.24) is 4.98 Å². The zero-order valence-corrected chi connectivity index (χ0v) is 13.9. The molecule has 0 saturated carbocycles. The van der Waals surface area contributed by atoms with E-state index in [0.717, 1.165) is 12.1 Å². The second-order valence-electron chi connectivity index (χ2n) is 5.43. The van der Waals surface area contributed by atoms with Crippen LogP contribution in [0.3, 0.4) is 0 Å². The minimum atomic E-state index is -4.70. The Balaban J connectivity index is 2.50. The topological polar surface area (TPSA) is 82.3 Å². The molecule has 0 aliphatic heterocycles. The average molecular weight is 368 g/mol. The third kappa shape index (κ3) is 4.16. The second-order valence-corrected chi connectivity index (χ2v) is 5.43. The first-order valence-corrected chi connectivity index (χ1v) is 7.63. The van der Waals surface area contributed by atoms with Crippen molar-refractivity contribution in [1.29, 1.82) is 0 Å². The van der Waals surface area contributed by atoms with Gasteiger partial charge in [-0.25, -0.2) is 0 Å². The standard InChI is InChI=1S/C17H15F3N2O4/c1-3-26-16(23)10(2)11-6-7-21-14(8-11)13-5-4-12(17(18,19)20)9-15(13)22(24)25/h4-10H,3H2,1-2H3. The number of pyridine rings is 1. The van der Waals surface area contributed by atoms with Crippen molar-refractivity contribution in [2.45, 2.75) is 25.9 Å². The number of halogens is 3. The van der Waals surface area contributed by atoms with Crippen LogP contribution < -0.4 is 0 Å². The molecular formula is C17H15F3N2O4. The lowest BCUT2D eigenvalue weighted by atomic mass is 9.98. The Morgan fingerprint density at radius 3 is 2.58 bits per heavy atom. The van der Waals surface area contributed by atoms with E-state index in [-0.39, 0.29) is 17.9 Å². The van der Waals surface area contributed by atoms with Crippen molar-refractivity contribution in [3.8, 4) is 11.3 Å². The molecule has 1 unspecified atom stereocenters. The molecule has 0 N–H and O–H groups in total. The van der Waals surface area contributed by atoms with Crippen molar-refractivity contribution in [2.75, 3.05) is 6.61 Å². The Bertz CT molecular complexity index is 837. The van der Waals surface area contributed by atoms with Gasteiger partial charge in [0.1, 0.15) is 0 Å². The summed E-state index contributed by atoms with van der Waals surface area (Å²) in [5.74, 6) is -1.13. The minimum Gasteiger partial charge on any atom is -0.466 e. The van der Waals surface area contributed by atoms with Crippen LogP contribution in [0.25, 0.3) is 11.3 Å². The summed E-state index contributed by atoms with van der Waals surface area (Å²) in [6.45, 7) is 3.46. The van der Waals surface area contributed by atoms with Gasteiger partial charge < -0.3 is 4.74 Å². The predicted octanol–water partition coefficient (Wildman–Crippen LogP) is 4.34. The zero-order valence-electron chi connectivity index (χ0n) is 13.9. The number of aromatic nitrogens is 1. The number of alkyl halides is 3.